The maximum Gasteiger partial charge on any atom is 0.166 e. The fourth-order valence-electron chi connectivity index (χ4n) is 2.88. The second kappa shape index (κ2) is 4.98. The first-order valence-corrected chi connectivity index (χ1v) is 6.90. The Morgan fingerprint density at radius 3 is 2.50 bits per heavy atom. The molecule has 0 amide bonds. The Hall–Kier alpha value is -1.74. The van der Waals surface area contributed by atoms with E-state index in [9.17, 15) is 8.78 Å². The fourth-order valence-corrected chi connectivity index (χ4v) is 2.88. The molecule has 1 N–H and O–H groups in total. The van der Waals surface area contributed by atoms with Crippen molar-refractivity contribution in [1.29, 1.82) is 0 Å². The lowest BCUT2D eigenvalue weighted by Crippen LogP contribution is -2.33. The number of hydrogen-bond donors (Lipinski definition) is 1. The monoisotopic (exact) mass is 273 g/mol. The van der Waals surface area contributed by atoms with Crippen LogP contribution in [0.3, 0.4) is 0 Å². The molecule has 0 bridgehead atoms. The van der Waals surface area contributed by atoms with Crippen LogP contribution in [0.5, 0.6) is 0 Å². The van der Waals surface area contributed by atoms with Gasteiger partial charge in [0, 0.05) is 11.1 Å². The van der Waals surface area contributed by atoms with E-state index in [2.05, 4.69) is 5.32 Å². The van der Waals surface area contributed by atoms with Gasteiger partial charge in [0.2, 0.25) is 0 Å². The maximum atomic E-state index is 14.1. The molecular weight excluding hydrogens is 256 g/mol. The third kappa shape index (κ3) is 2.22. The molecule has 3 rings (SSSR count). The van der Waals surface area contributed by atoms with E-state index in [-0.39, 0.29) is 5.54 Å². The molecule has 1 fully saturated rings. The lowest BCUT2D eigenvalue weighted by molar-refractivity contribution is 0.427. The van der Waals surface area contributed by atoms with Gasteiger partial charge in [0.15, 0.2) is 11.6 Å². The molecule has 0 saturated carbocycles. The van der Waals surface area contributed by atoms with E-state index < -0.39 is 11.6 Å². The summed E-state index contributed by atoms with van der Waals surface area (Å²) in [4.78, 5) is 0. The lowest BCUT2D eigenvalue weighted by Gasteiger charge is -2.26. The van der Waals surface area contributed by atoms with Gasteiger partial charge in [-0.05, 0) is 49.6 Å². The number of hydrogen-bond acceptors (Lipinski definition) is 1. The van der Waals surface area contributed by atoms with Gasteiger partial charge in [0.05, 0.1) is 0 Å². The first-order valence-electron chi connectivity index (χ1n) is 6.90. The Bertz CT molecular complexity index is 616. The summed E-state index contributed by atoms with van der Waals surface area (Å²) in [5.74, 6) is -1.56. The first kappa shape index (κ1) is 13.3. The van der Waals surface area contributed by atoms with Gasteiger partial charge in [0.25, 0.3) is 0 Å². The molecule has 2 aromatic carbocycles. The van der Waals surface area contributed by atoms with Crippen molar-refractivity contribution in [3.8, 4) is 11.1 Å². The lowest BCUT2D eigenvalue weighted by atomic mass is 9.88. The summed E-state index contributed by atoms with van der Waals surface area (Å²) in [5.41, 5.74) is 1.58. The number of benzene rings is 2. The van der Waals surface area contributed by atoms with Crippen molar-refractivity contribution in [1.82, 2.24) is 5.32 Å². The molecule has 1 saturated heterocycles. The van der Waals surface area contributed by atoms with Gasteiger partial charge in [-0.15, -0.1) is 0 Å². The molecule has 0 aliphatic carbocycles. The second-order valence-corrected chi connectivity index (χ2v) is 5.55. The Balaban J connectivity index is 2.13. The number of nitrogens with one attached hydrogen (secondary N) is 1. The zero-order valence-corrected chi connectivity index (χ0v) is 11.4. The van der Waals surface area contributed by atoms with Crippen molar-refractivity contribution in [2.24, 2.45) is 0 Å². The largest absolute Gasteiger partial charge is 0.308 e. The molecular formula is C17H17F2N. The molecule has 1 atom stereocenters. The smallest absolute Gasteiger partial charge is 0.166 e. The first-order chi connectivity index (χ1) is 9.60. The minimum absolute atomic E-state index is 0.266. The van der Waals surface area contributed by atoms with Crippen LogP contribution in [-0.4, -0.2) is 6.54 Å². The van der Waals surface area contributed by atoms with Gasteiger partial charge in [-0.25, -0.2) is 8.78 Å². The molecule has 104 valence electrons. The average Bonchev–Trinajstić information content (AvgIpc) is 2.91. The molecule has 0 aromatic heterocycles. The maximum absolute atomic E-state index is 14.1. The summed E-state index contributed by atoms with van der Waals surface area (Å²) in [6.45, 7) is 2.96. The van der Waals surface area contributed by atoms with Gasteiger partial charge < -0.3 is 5.32 Å². The van der Waals surface area contributed by atoms with Crippen LogP contribution >= 0.6 is 0 Å². The normalized spacial score (nSPS) is 22.1. The molecule has 1 nitrogen and oxygen atoms in total. The summed E-state index contributed by atoms with van der Waals surface area (Å²) >= 11 is 0. The highest BCUT2D eigenvalue weighted by Gasteiger charge is 2.31. The molecule has 2 aromatic rings. The van der Waals surface area contributed by atoms with Crippen molar-refractivity contribution in [3.05, 3.63) is 59.7 Å². The quantitative estimate of drug-likeness (QED) is 0.863. The van der Waals surface area contributed by atoms with Crippen molar-refractivity contribution < 1.29 is 8.78 Å². The second-order valence-electron chi connectivity index (χ2n) is 5.55. The van der Waals surface area contributed by atoms with Crippen LogP contribution in [-0.2, 0) is 5.54 Å². The van der Waals surface area contributed by atoms with Crippen LogP contribution in [0.1, 0.15) is 25.3 Å². The predicted octanol–water partition coefficient (Wildman–Crippen LogP) is 4.23. The van der Waals surface area contributed by atoms with E-state index >= 15 is 0 Å². The predicted molar refractivity (Wildman–Crippen MR) is 76.4 cm³/mol. The topological polar surface area (TPSA) is 12.0 Å². The number of rotatable bonds is 2. The molecule has 1 aliphatic heterocycles. The Morgan fingerprint density at radius 1 is 1.10 bits per heavy atom. The summed E-state index contributed by atoms with van der Waals surface area (Å²) < 4.78 is 28.0. The minimum Gasteiger partial charge on any atom is -0.308 e. The van der Waals surface area contributed by atoms with E-state index in [0.717, 1.165) is 24.9 Å². The molecule has 1 heterocycles. The van der Waals surface area contributed by atoms with Gasteiger partial charge in [-0.3, -0.25) is 0 Å². The summed E-state index contributed by atoms with van der Waals surface area (Å²) in [6, 6.07) is 12.2. The third-order valence-corrected chi connectivity index (χ3v) is 4.12. The van der Waals surface area contributed by atoms with Crippen LogP contribution in [0.4, 0.5) is 8.78 Å². The minimum atomic E-state index is -0.781. The van der Waals surface area contributed by atoms with Crippen molar-refractivity contribution in [3.63, 3.8) is 0 Å². The van der Waals surface area contributed by atoms with Gasteiger partial charge >= 0.3 is 0 Å². The standard InChI is InChI=1S/C17H17F2N/c1-17(8-5-9-20-17)13-10-14(16(19)15(18)11-13)12-6-3-2-4-7-12/h2-4,6-7,10-11,20H,5,8-9H2,1H3. The molecule has 1 unspecified atom stereocenters. The highest BCUT2D eigenvalue weighted by molar-refractivity contribution is 5.65. The van der Waals surface area contributed by atoms with E-state index in [4.69, 9.17) is 0 Å². The Morgan fingerprint density at radius 2 is 1.85 bits per heavy atom. The molecule has 0 radical (unpaired) electrons. The summed E-state index contributed by atoms with van der Waals surface area (Å²) in [7, 11) is 0. The van der Waals surface area contributed by atoms with Crippen LogP contribution in [0, 0.1) is 11.6 Å². The summed E-state index contributed by atoms with van der Waals surface area (Å²) in [5, 5.41) is 3.39. The van der Waals surface area contributed by atoms with Crippen molar-refractivity contribution in [2.75, 3.05) is 6.54 Å². The highest BCUT2D eigenvalue weighted by Crippen LogP contribution is 2.35. The van der Waals surface area contributed by atoms with E-state index in [1.54, 1.807) is 18.2 Å². The Labute approximate surface area is 117 Å². The van der Waals surface area contributed by atoms with Crippen LogP contribution in [0.15, 0.2) is 42.5 Å². The molecule has 1 aliphatic rings. The van der Waals surface area contributed by atoms with E-state index in [0.29, 0.717) is 11.1 Å². The highest BCUT2D eigenvalue weighted by atomic mass is 19.2. The van der Waals surface area contributed by atoms with E-state index in [1.165, 1.54) is 6.07 Å². The molecule has 0 spiro atoms. The third-order valence-electron chi connectivity index (χ3n) is 4.12. The van der Waals surface area contributed by atoms with Crippen LogP contribution < -0.4 is 5.32 Å². The number of halogens is 2. The van der Waals surface area contributed by atoms with Crippen molar-refractivity contribution in [2.45, 2.75) is 25.3 Å². The molecule has 3 heteroatoms. The van der Waals surface area contributed by atoms with E-state index in [1.807, 2.05) is 25.1 Å². The SMILES string of the molecule is CC1(c2cc(F)c(F)c(-c3ccccc3)c2)CCCN1. The zero-order chi connectivity index (χ0) is 14.2. The average molecular weight is 273 g/mol. The van der Waals surface area contributed by atoms with Crippen LogP contribution in [0.2, 0.25) is 0 Å². The van der Waals surface area contributed by atoms with Gasteiger partial charge in [-0.1, -0.05) is 30.3 Å². The fraction of sp³-hybridized carbons (Fsp3) is 0.294. The molecule has 20 heavy (non-hydrogen) atoms. The van der Waals surface area contributed by atoms with Crippen LogP contribution in [0.25, 0.3) is 11.1 Å². The van der Waals surface area contributed by atoms with Gasteiger partial charge in [0.1, 0.15) is 0 Å². The summed E-state index contributed by atoms with van der Waals surface area (Å²) in [6.07, 6.45) is 1.99. The van der Waals surface area contributed by atoms with Crippen molar-refractivity contribution >= 4 is 0 Å². The Kier molecular flexibility index (Phi) is 3.30. The zero-order valence-electron chi connectivity index (χ0n) is 11.4. The van der Waals surface area contributed by atoms with Gasteiger partial charge in [-0.2, -0.15) is 0 Å².